The maximum Gasteiger partial charge on any atom is 0.179 e. The fraction of sp³-hybridized carbons (Fsp3) is 0.0500. The van der Waals surface area contributed by atoms with Crippen LogP contribution in [0.15, 0.2) is 60.7 Å². The molecule has 0 aliphatic carbocycles. The molecule has 0 saturated heterocycles. The molecule has 0 atom stereocenters. The number of nitrogens with zero attached hydrogens (tertiary/aromatic N) is 3. The molecule has 0 saturated carbocycles. The summed E-state index contributed by atoms with van der Waals surface area (Å²) in [4.78, 5) is 14.0. The highest BCUT2D eigenvalue weighted by Gasteiger charge is 2.14. The monoisotopic (exact) mass is 365 g/mol. The van der Waals surface area contributed by atoms with E-state index in [0.29, 0.717) is 15.9 Å². The lowest BCUT2D eigenvalue weighted by Crippen LogP contribution is -1.97. The minimum absolute atomic E-state index is 0.555. The fourth-order valence-electron chi connectivity index (χ4n) is 2.75. The van der Waals surface area contributed by atoms with Crippen LogP contribution in [0.2, 0.25) is 10.0 Å². The lowest BCUT2D eigenvalue weighted by molar-refractivity contribution is 1.14. The Morgan fingerprint density at radius 1 is 0.800 bits per heavy atom. The third kappa shape index (κ3) is 3.09. The Morgan fingerprint density at radius 3 is 2.44 bits per heavy atom. The third-order valence-electron chi connectivity index (χ3n) is 3.91. The van der Waals surface area contributed by atoms with E-state index in [1.807, 2.05) is 61.5 Å². The molecule has 0 unspecified atom stereocenters. The van der Waals surface area contributed by atoms with Crippen molar-refractivity contribution in [2.75, 3.05) is 0 Å². The van der Waals surface area contributed by atoms with Crippen molar-refractivity contribution < 1.29 is 0 Å². The predicted molar refractivity (Wildman–Crippen MR) is 103 cm³/mol. The van der Waals surface area contributed by atoms with Gasteiger partial charge in [-0.3, -0.25) is 0 Å². The normalized spacial score (nSPS) is 11.0. The molecule has 3 nitrogen and oxygen atoms in total. The Balaban J connectivity index is 2.02. The first-order valence-corrected chi connectivity index (χ1v) is 8.53. The van der Waals surface area contributed by atoms with E-state index in [1.54, 1.807) is 6.07 Å². The summed E-state index contributed by atoms with van der Waals surface area (Å²) in [6.45, 7) is 1.95. The van der Waals surface area contributed by atoms with E-state index < -0.39 is 0 Å². The Kier molecular flexibility index (Phi) is 4.12. The maximum atomic E-state index is 6.43. The van der Waals surface area contributed by atoms with Gasteiger partial charge in [-0.15, -0.1) is 0 Å². The van der Waals surface area contributed by atoms with E-state index in [0.717, 1.165) is 33.5 Å². The van der Waals surface area contributed by atoms with Gasteiger partial charge in [-0.05, 0) is 43.3 Å². The first-order chi connectivity index (χ1) is 12.1. The van der Waals surface area contributed by atoms with Crippen LogP contribution in [0.5, 0.6) is 0 Å². The molecule has 0 bridgehead atoms. The van der Waals surface area contributed by atoms with Gasteiger partial charge in [0.15, 0.2) is 5.82 Å². The molecular weight excluding hydrogens is 353 g/mol. The molecule has 0 radical (unpaired) electrons. The summed E-state index contributed by atoms with van der Waals surface area (Å²) in [5, 5.41) is 2.08. The van der Waals surface area contributed by atoms with Gasteiger partial charge >= 0.3 is 0 Å². The molecule has 2 aromatic carbocycles. The van der Waals surface area contributed by atoms with Gasteiger partial charge in [0.2, 0.25) is 0 Å². The van der Waals surface area contributed by atoms with Crippen molar-refractivity contribution >= 4 is 34.1 Å². The number of halogens is 2. The topological polar surface area (TPSA) is 38.7 Å². The lowest BCUT2D eigenvalue weighted by Gasteiger charge is -2.10. The van der Waals surface area contributed by atoms with E-state index >= 15 is 0 Å². The molecule has 0 N–H and O–H groups in total. The largest absolute Gasteiger partial charge is 0.250 e. The summed E-state index contributed by atoms with van der Waals surface area (Å²) in [6.07, 6.45) is 0. The van der Waals surface area contributed by atoms with Gasteiger partial charge in [-0.2, -0.15) is 0 Å². The Bertz CT molecular complexity index is 1090. The van der Waals surface area contributed by atoms with Crippen molar-refractivity contribution in [3.05, 3.63) is 76.4 Å². The number of rotatable bonds is 2. The van der Waals surface area contributed by atoms with Crippen LogP contribution in [0.25, 0.3) is 33.7 Å². The van der Waals surface area contributed by atoms with Crippen LogP contribution in [-0.2, 0) is 0 Å². The first kappa shape index (κ1) is 16.0. The van der Waals surface area contributed by atoms with Gasteiger partial charge in [0, 0.05) is 21.7 Å². The molecule has 4 aromatic rings. The average molecular weight is 366 g/mol. The molecule has 0 spiro atoms. The second-order valence-corrected chi connectivity index (χ2v) is 6.54. The van der Waals surface area contributed by atoms with Gasteiger partial charge in [-0.25, -0.2) is 15.0 Å². The summed E-state index contributed by atoms with van der Waals surface area (Å²) in [6, 6.07) is 19.1. The van der Waals surface area contributed by atoms with Gasteiger partial charge in [0.05, 0.1) is 16.2 Å². The Hall–Kier alpha value is -2.49. The quantitative estimate of drug-likeness (QED) is 0.438. The van der Waals surface area contributed by atoms with Crippen molar-refractivity contribution in [2.45, 2.75) is 6.92 Å². The molecule has 25 heavy (non-hydrogen) atoms. The predicted octanol–water partition coefficient (Wildman–Crippen LogP) is 5.97. The van der Waals surface area contributed by atoms with Crippen LogP contribution in [0.1, 0.15) is 5.69 Å². The third-order valence-corrected chi connectivity index (χ3v) is 4.45. The van der Waals surface area contributed by atoms with Crippen molar-refractivity contribution in [3.8, 4) is 22.8 Å². The van der Waals surface area contributed by atoms with Crippen LogP contribution in [0.3, 0.4) is 0 Å². The van der Waals surface area contributed by atoms with Crippen molar-refractivity contribution in [3.63, 3.8) is 0 Å². The van der Waals surface area contributed by atoms with E-state index in [2.05, 4.69) is 9.97 Å². The molecule has 0 aliphatic heterocycles. The van der Waals surface area contributed by atoms with Gasteiger partial charge in [0.1, 0.15) is 5.69 Å². The minimum Gasteiger partial charge on any atom is -0.250 e. The summed E-state index contributed by atoms with van der Waals surface area (Å²) in [7, 11) is 0. The van der Waals surface area contributed by atoms with Crippen LogP contribution in [0.4, 0.5) is 0 Å². The zero-order valence-electron chi connectivity index (χ0n) is 13.4. The van der Waals surface area contributed by atoms with E-state index in [9.17, 15) is 0 Å². The summed E-state index contributed by atoms with van der Waals surface area (Å²) in [5.41, 5.74) is 4.08. The van der Waals surface area contributed by atoms with E-state index in [4.69, 9.17) is 28.2 Å². The number of aromatic nitrogens is 3. The zero-order chi connectivity index (χ0) is 17.4. The molecule has 122 valence electrons. The van der Waals surface area contributed by atoms with Crippen LogP contribution in [-0.4, -0.2) is 15.0 Å². The summed E-state index contributed by atoms with van der Waals surface area (Å²) in [5.74, 6) is 0.573. The molecule has 2 heterocycles. The molecular formula is C20H13Cl2N3. The Morgan fingerprint density at radius 2 is 1.64 bits per heavy atom. The zero-order valence-corrected chi connectivity index (χ0v) is 14.9. The van der Waals surface area contributed by atoms with Gasteiger partial charge in [-0.1, -0.05) is 47.5 Å². The number of pyridine rings is 1. The Labute approximate surface area is 155 Å². The molecule has 0 amide bonds. The highest BCUT2D eigenvalue weighted by molar-refractivity contribution is 6.36. The van der Waals surface area contributed by atoms with Crippen molar-refractivity contribution in [2.24, 2.45) is 0 Å². The molecule has 4 rings (SSSR count). The SMILES string of the molecule is Cc1cccc(-c2nc(-c3ccc(Cl)cc3Cl)c3ccccc3n2)n1. The van der Waals surface area contributed by atoms with Crippen LogP contribution in [0, 0.1) is 6.92 Å². The smallest absolute Gasteiger partial charge is 0.179 e. The maximum absolute atomic E-state index is 6.43. The summed E-state index contributed by atoms with van der Waals surface area (Å²) >= 11 is 12.5. The van der Waals surface area contributed by atoms with Crippen LogP contribution < -0.4 is 0 Å². The standard InChI is InChI=1S/C20H13Cl2N3/c1-12-5-4-8-18(23-12)20-24-17-7-3-2-6-15(17)19(25-20)14-10-9-13(21)11-16(14)22/h2-11H,1H3. The van der Waals surface area contributed by atoms with Crippen LogP contribution >= 0.6 is 23.2 Å². The molecule has 0 aliphatic rings. The molecule has 2 aromatic heterocycles. The highest BCUT2D eigenvalue weighted by atomic mass is 35.5. The number of aryl methyl sites for hydroxylation is 1. The molecule has 0 fully saturated rings. The number of hydrogen-bond donors (Lipinski definition) is 0. The molecule has 5 heteroatoms. The van der Waals surface area contributed by atoms with Crippen molar-refractivity contribution in [1.82, 2.24) is 15.0 Å². The van der Waals surface area contributed by atoms with Gasteiger partial charge in [0.25, 0.3) is 0 Å². The average Bonchev–Trinajstić information content (AvgIpc) is 2.61. The lowest BCUT2D eigenvalue weighted by atomic mass is 10.1. The second kappa shape index (κ2) is 6.43. The first-order valence-electron chi connectivity index (χ1n) is 7.78. The minimum atomic E-state index is 0.555. The highest BCUT2D eigenvalue weighted by Crippen LogP contribution is 2.34. The fourth-order valence-corrected chi connectivity index (χ4v) is 3.24. The second-order valence-electron chi connectivity index (χ2n) is 5.70. The number of benzene rings is 2. The van der Waals surface area contributed by atoms with Gasteiger partial charge < -0.3 is 0 Å². The number of hydrogen-bond acceptors (Lipinski definition) is 3. The number of para-hydroxylation sites is 1. The van der Waals surface area contributed by atoms with E-state index in [-0.39, 0.29) is 0 Å². The van der Waals surface area contributed by atoms with E-state index in [1.165, 1.54) is 0 Å². The summed E-state index contributed by atoms with van der Waals surface area (Å²) < 4.78 is 0. The number of fused-ring (bicyclic) bond motifs is 1. The van der Waals surface area contributed by atoms with Crippen molar-refractivity contribution in [1.29, 1.82) is 0 Å².